The average molecular weight is 475 g/mol. The zero-order valence-corrected chi connectivity index (χ0v) is 16.6. The standard InChI is InChI=1S/C20H13Br2NO3/c21-15-6-10-17(11-7-15)25-20(26-18-12-8-16(22)9-13-18)23-19(24)14-4-2-1-3-5-14/h1-13H. The van der Waals surface area contributed by atoms with Crippen LogP contribution in [0.3, 0.4) is 0 Å². The maximum atomic E-state index is 12.4. The quantitative estimate of drug-likeness (QED) is 0.352. The van der Waals surface area contributed by atoms with Gasteiger partial charge >= 0.3 is 6.08 Å². The Morgan fingerprint density at radius 2 is 1.15 bits per heavy atom. The number of amides is 1. The molecule has 0 aliphatic rings. The molecule has 0 heterocycles. The number of hydrogen-bond donors (Lipinski definition) is 0. The summed E-state index contributed by atoms with van der Waals surface area (Å²) in [4.78, 5) is 16.4. The van der Waals surface area contributed by atoms with E-state index in [0.29, 0.717) is 17.1 Å². The second-order valence-corrected chi connectivity index (χ2v) is 6.99. The van der Waals surface area contributed by atoms with Gasteiger partial charge in [-0.05, 0) is 60.7 Å². The van der Waals surface area contributed by atoms with Crippen molar-refractivity contribution in [1.82, 2.24) is 0 Å². The van der Waals surface area contributed by atoms with Gasteiger partial charge in [0.15, 0.2) is 0 Å². The summed E-state index contributed by atoms with van der Waals surface area (Å²) in [6.07, 6.45) is -0.150. The van der Waals surface area contributed by atoms with Crippen LogP contribution < -0.4 is 9.47 Å². The van der Waals surface area contributed by atoms with Crippen LogP contribution in [0, 0.1) is 0 Å². The van der Waals surface area contributed by atoms with Gasteiger partial charge in [-0.3, -0.25) is 4.79 Å². The van der Waals surface area contributed by atoms with Crippen LogP contribution in [0.25, 0.3) is 0 Å². The highest BCUT2D eigenvalue weighted by molar-refractivity contribution is 9.10. The molecule has 0 unspecified atom stereocenters. The Hall–Kier alpha value is -2.44. The van der Waals surface area contributed by atoms with Crippen molar-refractivity contribution in [1.29, 1.82) is 0 Å². The van der Waals surface area contributed by atoms with E-state index >= 15 is 0 Å². The zero-order chi connectivity index (χ0) is 18.4. The van der Waals surface area contributed by atoms with E-state index in [9.17, 15) is 4.79 Å². The highest BCUT2D eigenvalue weighted by atomic mass is 79.9. The molecule has 0 bridgehead atoms. The van der Waals surface area contributed by atoms with Crippen LogP contribution in [0.2, 0.25) is 0 Å². The van der Waals surface area contributed by atoms with Crippen LogP contribution in [0.15, 0.2) is 92.8 Å². The van der Waals surface area contributed by atoms with Gasteiger partial charge in [-0.2, -0.15) is 0 Å². The molecule has 3 rings (SSSR count). The molecule has 0 aliphatic carbocycles. The van der Waals surface area contributed by atoms with Crippen molar-refractivity contribution in [2.75, 3.05) is 0 Å². The molecule has 26 heavy (non-hydrogen) atoms. The molecule has 0 spiro atoms. The molecule has 4 nitrogen and oxygen atoms in total. The van der Waals surface area contributed by atoms with E-state index in [4.69, 9.17) is 9.47 Å². The Balaban J connectivity index is 1.87. The fraction of sp³-hybridized carbons (Fsp3) is 0. The highest BCUT2D eigenvalue weighted by Crippen LogP contribution is 2.19. The lowest BCUT2D eigenvalue weighted by Gasteiger charge is -2.10. The maximum Gasteiger partial charge on any atom is 0.403 e. The van der Waals surface area contributed by atoms with Crippen LogP contribution in [-0.2, 0) is 0 Å². The lowest BCUT2D eigenvalue weighted by Crippen LogP contribution is -2.19. The Kier molecular flexibility index (Phi) is 6.20. The first kappa shape index (κ1) is 18.4. The van der Waals surface area contributed by atoms with Crippen LogP contribution in [-0.4, -0.2) is 12.0 Å². The number of nitrogens with zero attached hydrogens (tertiary/aromatic N) is 1. The summed E-state index contributed by atoms with van der Waals surface area (Å²) in [5.74, 6) is 0.560. The molecule has 0 saturated carbocycles. The molecular formula is C20H13Br2NO3. The van der Waals surface area contributed by atoms with E-state index in [1.807, 2.05) is 30.3 Å². The minimum absolute atomic E-state index is 0.150. The van der Waals surface area contributed by atoms with Gasteiger partial charge in [0.25, 0.3) is 5.91 Å². The van der Waals surface area contributed by atoms with Gasteiger partial charge in [0.05, 0.1) is 0 Å². The summed E-state index contributed by atoms with van der Waals surface area (Å²) in [5.41, 5.74) is 0.448. The molecule has 0 saturated heterocycles. The van der Waals surface area contributed by atoms with Crippen LogP contribution >= 0.6 is 31.9 Å². The van der Waals surface area contributed by atoms with Gasteiger partial charge in [0.1, 0.15) is 11.5 Å². The molecule has 130 valence electrons. The van der Waals surface area contributed by atoms with E-state index in [1.54, 1.807) is 48.5 Å². The predicted octanol–water partition coefficient (Wildman–Crippen LogP) is 5.87. The van der Waals surface area contributed by atoms with Gasteiger partial charge < -0.3 is 9.47 Å². The number of ether oxygens (including phenoxy) is 2. The van der Waals surface area contributed by atoms with E-state index in [-0.39, 0.29) is 6.08 Å². The Bertz CT molecular complexity index is 859. The Morgan fingerprint density at radius 1 is 0.692 bits per heavy atom. The second-order valence-electron chi connectivity index (χ2n) is 5.16. The molecule has 0 fully saturated rings. The third-order valence-corrected chi connectivity index (χ3v) is 4.31. The van der Waals surface area contributed by atoms with Gasteiger partial charge in [-0.1, -0.05) is 50.1 Å². The van der Waals surface area contributed by atoms with E-state index < -0.39 is 5.91 Å². The van der Waals surface area contributed by atoms with Crippen molar-refractivity contribution >= 4 is 43.9 Å². The fourth-order valence-electron chi connectivity index (χ4n) is 2.00. The molecule has 3 aromatic carbocycles. The summed E-state index contributed by atoms with van der Waals surface area (Å²) >= 11 is 6.73. The van der Waals surface area contributed by atoms with Crippen molar-refractivity contribution in [3.8, 4) is 11.5 Å². The van der Waals surface area contributed by atoms with Crippen LogP contribution in [0.5, 0.6) is 11.5 Å². The van der Waals surface area contributed by atoms with Gasteiger partial charge in [0, 0.05) is 14.5 Å². The van der Waals surface area contributed by atoms with Crippen LogP contribution in [0.1, 0.15) is 10.4 Å². The number of aliphatic imine (C=N–C) groups is 1. The summed E-state index contributed by atoms with van der Waals surface area (Å²) in [6.45, 7) is 0. The molecule has 0 aromatic heterocycles. The van der Waals surface area contributed by atoms with Gasteiger partial charge in [-0.25, -0.2) is 0 Å². The molecule has 0 radical (unpaired) electrons. The van der Waals surface area contributed by atoms with Gasteiger partial charge in [0.2, 0.25) is 0 Å². The first-order chi connectivity index (χ1) is 12.6. The summed E-state index contributed by atoms with van der Waals surface area (Å²) < 4.78 is 13.2. The molecule has 3 aromatic rings. The van der Waals surface area contributed by atoms with Crippen LogP contribution in [0.4, 0.5) is 0 Å². The van der Waals surface area contributed by atoms with E-state index in [2.05, 4.69) is 36.9 Å². The Morgan fingerprint density at radius 3 is 1.62 bits per heavy atom. The average Bonchev–Trinajstić information content (AvgIpc) is 2.66. The zero-order valence-electron chi connectivity index (χ0n) is 13.4. The highest BCUT2D eigenvalue weighted by Gasteiger charge is 2.12. The van der Waals surface area contributed by atoms with Crippen molar-refractivity contribution < 1.29 is 14.3 Å². The third-order valence-electron chi connectivity index (χ3n) is 3.25. The van der Waals surface area contributed by atoms with Crippen molar-refractivity contribution in [3.05, 3.63) is 93.4 Å². The molecule has 0 aliphatic heterocycles. The van der Waals surface area contributed by atoms with E-state index in [0.717, 1.165) is 8.95 Å². The number of carbonyl (C=O) groups excluding carboxylic acids is 1. The lowest BCUT2D eigenvalue weighted by molar-refractivity contribution is 0.0998. The van der Waals surface area contributed by atoms with Gasteiger partial charge in [-0.15, -0.1) is 4.99 Å². The fourth-order valence-corrected chi connectivity index (χ4v) is 2.53. The Labute approximate surface area is 167 Å². The molecule has 6 heteroatoms. The summed E-state index contributed by atoms with van der Waals surface area (Å²) in [7, 11) is 0. The third kappa shape index (κ3) is 5.28. The van der Waals surface area contributed by atoms with E-state index in [1.165, 1.54) is 0 Å². The molecular weight excluding hydrogens is 462 g/mol. The molecule has 0 N–H and O–H groups in total. The van der Waals surface area contributed by atoms with Crippen molar-refractivity contribution in [2.24, 2.45) is 4.99 Å². The summed E-state index contributed by atoms with van der Waals surface area (Å²) in [5, 5.41) is 0. The lowest BCUT2D eigenvalue weighted by atomic mass is 10.2. The van der Waals surface area contributed by atoms with Crippen molar-refractivity contribution in [3.63, 3.8) is 0 Å². The predicted molar refractivity (Wildman–Crippen MR) is 108 cm³/mol. The number of hydrogen-bond acceptors (Lipinski definition) is 3. The topological polar surface area (TPSA) is 47.9 Å². The number of halogens is 2. The maximum absolute atomic E-state index is 12.4. The monoisotopic (exact) mass is 473 g/mol. The normalized spacial score (nSPS) is 10.1. The first-order valence-corrected chi connectivity index (χ1v) is 9.24. The minimum atomic E-state index is -0.449. The largest absolute Gasteiger partial charge is 0.411 e. The summed E-state index contributed by atoms with van der Waals surface area (Å²) in [6, 6.07) is 23.0. The second kappa shape index (κ2) is 8.78. The smallest absolute Gasteiger partial charge is 0.403 e. The number of carbonyl (C=O) groups is 1. The number of rotatable bonds is 3. The van der Waals surface area contributed by atoms with Crippen molar-refractivity contribution in [2.45, 2.75) is 0 Å². The SMILES string of the molecule is O=C(N=C(Oc1ccc(Br)cc1)Oc1ccc(Br)cc1)c1ccccc1. The number of benzene rings is 3. The first-order valence-electron chi connectivity index (χ1n) is 7.65. The molecule has 1 amide bonds. The minimum Gasteiger partial charge on any atom is -0.411 e. The molecule has 0 atom stereocenters.